The second-order valence-corrected chi connectivity index (χ2v) is 11.6. The maximum atomic E-state index is 11.3. The molecule has 0 bridgehead atoms. The molecule has 0 N–H and O–H groups in total. The van der Waals surface area contributed by atoms with E-state index >= 15 is 0 Å². The van der Waals surface area contributed by atoms with Crippen molar-refractivity contribution in [2.24, 2.45) is 0 Å². The Morgan fingerprint density at radius 1 is 1.33 bits per heavy atom. The van der Waals surface area contributed by atoms with Gasteiger partial charge in [-0.15, -0.1) is 0 Å². The van der Waals surface area contributed by atoms with Crippen molar-refractivity contribution in [2.45, 2.75) is 76.7 Å². The number of ether oxygens (including phenoxy) is 2. The summed E-state index contributed by atoms with van der Waals surface area (Å²) >= 11 is 0. The minimum absolute atomic E-state index is 0.00206. The molecular formula is C13H24O4Si. The minimum Gasteiger partial charge on any atom is -0.457 e. The molecule has 0 aromatic rings. The maximum absolute atomic E-state index is 11.3. The number of rotatable bonds is 2. The number of hydrogen-bond donors (Lipinski definition) is 0. The standard InChI is InChI=1S/C13H24O4Si/c1-8-11(17-18(5,6)13(2,3)4)12-9(15-8)7-10(14)16-12/h8-9,11-12H,7H2,1-6H3/t8-,9-,11+,12+/m1/s1. The number of carbonyl (C=O) groups excluding carboxylic acids is 1. The van der Waals surface area contributed by atoms with E-state index in [0.29, 0.717) is 6.42 Å². The van der Waals surface area contributed by atoms with Crippen LogP contribution in [0.15, 0.2) is 0 Å². The molecule has 2 aliphatic rings. The summed E-state index contributed by atoms with van der Waals surface area (Å²) in [5.74, 6) is -0.166. The third-order valence-corrected chi connectivity index (χ3v) is 8.89. The molecule has 4 atom stereocenters. The lowest BCUT2D eigenvalue weighted by atomic mass is 10.1. The van der Waals surface area contributed by atoms with Gasteiger partial charge in [0, 0.05) is 0 Å². The fourth-order valence-electron chi connectivity index (χ4n) is 2.26. The van der Waals surface area contributed by atoms with Crippen LogP contribution in [0.3, 0.4) is 0 Å². The van der Waals surface area contributed by atoms with Crippen molar-refractivity contribution >= 4 is 14.3 Å². The number of carbonyl (C=O) groups is 1. The molecule has 2 saturated heterocycles. The fourth-order valence-corrected chi connectivity index (χ4v) is 3.62. The first-order valence-corrected chi connectivity index (χ1v) is 9.55. The molecule has 0 aromatic heterocycles. The van der Waals surface area contributed by atoms with Gasteiger partial charge in [-0.05, 0) is 25.1 Å². The molecule has 2 fully saturated rings. The van der Waals surface area contributed by atoms with Crippen LogP contribution in [0.1, 0.15) is 34.1 Å². The largest absolute Gasteiger partial charge is 0.457 e. The van der Waals surface area contributed by atoms with Gasteiger partial charge in [0.15, 0.2) is 14.4 Å². The van der Waals surface area contributed by atoms with E-state index in [2.05, 4.69) is 33.9 Å². The fraction of sp³-hybridized carbons (Fsp3) is 0.923. The van der Waals surface area contributed by atoms with E-state index in [1.807, 2.05) is 6.92 Å². The summed E-state index contributed by atoms with van der Waals surface area (Å²) in [6.45, 7) is 13.0. The molecule has 0 aromatic carbocycles. The molecule has 0 spiro atoms. The molecule has 2 heterocycles. The van der Waals surface area contributed by atoms with Gasteiger partial charge in [-0.25, -0.2) is 0 Å². The van der Waals surface area contributed by atoms with Crippen molar-refractivity contribution in [1.82, 2.24) is 0 Å². The number of fused-ring (bicyclic) bond motifs is 1. The van der Waals surface area contributed by atoms with E-state index in [4.69, 9.17) is 13.9 Å². The van der Waals surface area contributed by atoms with Gasteiger partial charge < -0.3 is 13.9 Å². The number of esters is 1. The number of hydrogen-bond acceptors (Lipinski definition) is 4. The monoisotopic (exact) mass is 272 g/mol. The average Bonchev–Trinajstić information content (AvgIpc) is 2.64. The summed E-state index contributed by atoms with van der Waals surface area (Å²) < 4.78 is 17.5. The van der Waals surface area contributed by atoms with E-state index in [-0.39, 0.29) is 35.4 Å². The van der Waals surface area contributed by atoms with Gasteiger partial charge in [-0.1, -0.05) is 20.8 Å². The van der Waals surface area contributed by atoms with E-state index in [1.54, 1.807) is 0 Å². The Labute approximate surface area is 110 Å². The van der Waals surface area contributed by atoms with Crippen molar-refractivity contribution in [3.05, 3.63) is 0 Å². The van der Waals surface area contributed by atoms with Gasteiger partial charge >= 0.3 is 5.97 Å². The van der Waals surface area contributed by atoms with E-state index < -0.39 is 8.32 Å². The van der Waals surface area contributed by atoms with Crippen molar-refractivity contribution in [1.29, 1.82) is 0 Å². The first-order valence-electron chi connectivity index (χ1n) is 6.64. The zero-order chi connectivity index (χ0) is 13.7. The molecule has 2 aliphatic heterocycles. The highest BCUT2D eigenvalue weighted by molar-refractivity contribution is 6.74. The van der Waals surface area contributed by atoms with Crippen LogP contribution in [0.25, 0.3) is 0 Å². The highest BCUT2D eigenvalue weighted by atomic mass is 28.4. The second-order valence-electron chi connectivity index (χ2n) is 6.88. The minimum atomic E-state index is -1.86. The van der Waals surface area contributed by atoms with Gasteiger partial charge in [-0.2, -0.15) is 0 Å². The predicted molar refractivity (Wildman–Crippen MR) is 70.9 cm³/mol. The molecule has 0 radical (unpaired) electrons. The molecule has 0 aliphatic carbocycles. The zero-order valence-corrected chi connectivity index (χ0v) is 13.1. The Bertz CT molecular complexity index is 347. The summed E-state index contributed by atoms with van der Waals surface area (Å²) in [5, 5.41) is 0.146. The van der Waals surface area contributed by atoms with E-state index in [9.17, 15) is 4.79 Å². The Morgan fingerprint density at radius 3 is 2.50 bits per heavy atom. The molecular weight excluding hydrogens is 248 g/mol. The lowest BCUT2D eigenvalue weighted by molar-refractivity contribution is -0.144. The summed E-state index contributed by atoms with van der Waals surface area (Å²) in [5.41, 5.74) is 0. The summed E-state index contributed by atoms with van der Waals surface area (Å²) in [7, 11) is -1.86. The molecule has 0 amide bonds. The third-order valence-electron chi connectivity index (χ3n) is 4.41. The summed E-state index contributed by atoms with van der Waals surface area (Å²) in [6.07, 6.45) is -0.0553. The van der Waals surface area contributed by atoms with Crippen LogP contribution in [0.4, 0.5) is 0 Å². The van der Waals surface area contributed by atoms with E-state index in [0.717, 1.165) is 0 Å². The summed E-state index contributed by atoms with van der Waals surface area (Å²) in [4.78, 5) is 11.3. The predicted octanol–water partition coefficient (Wildman–Crippen LogP) is 2.48. The molecule has 4 nitrogen and oxygen atoms in total. The normalized spacial score (nSPS) is 36.7. The molecule has 104 valence electrons. The van der Waals surface area contributed by atoms with Crippen LogP contribution in [-0.2, 0) is 18.7 Å². The van der Waals surface area contributed by atoms with Crippen LogP contribution >= 0.6 is 0 Å². The van der Waals surface area contributed by atoms with Crippen molar-refractivity contribution in [3.63, 3.8) is 0 Å². The van der Waals surface area contributed by atoms with Crippen LogP contribution in [0.2, 0.25) is 18.1 Å². The van der Waals surface area contributed by atoms with Gasteiger partial charge in [0.25, 0.3) is 0 Å². The molecule has 5 heteroatoms. The smallest absolute Gasteiger partial charge is 0.309 e. The maximum Gasteiger partial charge on any atom is 0.309 e. The Balaban J connectivity index is 2.11. The molecule has 18 heavy (non-hydrogen) atoms. The highest BCUT2D eigenvalue weighted by Gasteiger charge is 2.53. The summed E-state index contributed by atoms with van der Waals surface area (Å²) in [6, 6.07) is 0. The zero-order valence-electron chi connectivity index (χ0n) is 12.1. The SMILES string of the molecule is C[C@H]1O[C@@H]2CC(=O)O[C@@H]2[C@H]1O[Si](C)(C)C(C)(C)C. The van der Waals surface area contributed by atoms with Crippen LogP contribution in [-0.4, -0.2) is 38.7 Å². The van der Waals surface area contributed by atoms with Crippen LogP contribution in [0, 0.1) is 0 Å². The van der Waals surface area contributed by atoms with Crippen molar-refractivity contribution in [3.8, 4) is 0 Å². The first-order chi connectivity index (χ1) is 8.12. The molecule has 0 unspecified atom stereocenters. The third kappa shape index (κ3) is 2.35. The van der Waals surface area contributed by atoms with Gasteiger partial charge in [0.2, 0.25) is 0 Å². The van der Waals surface area contributed by atoms with Gasteiger partial charge in [-0.3, -0.25) is 4.79 Å². The van der Waals surface area contributed by atoms with Crippen molar-refractivity contribution in [2.75, 3.05) is 0 Å². The lowest BCUT2D eigenvalue weighted by Crippen LogP contribution is -2.48. The Kier molecular flexibility index (Phi) is 3.36. The average molecular weight is 272 g/mol. The molecule has 0 saturated carbocycles. The highest BCUT2D eigenvalue weighted by Crippen LogP contribution is 2.41. The Morgan fingerprint density at radius 2 is 1.94 bits per heavy atom. The van der Waals surface area contributed by atoms with E-state index in [1.165, 1.54) is 0 Å². The van der Waals surface area contributed by atoms with Gasteiger partial charge in [0.1, 0.15) is 12.2 Å². The van der Waals surface area contributed by atoms with Crippen LogP contribution in [0.5, 0.6) is 0 Å². The quantitative estimate of drug-likeness (QED) is 0.572. The van der Waals surface area contributed by atoms with Gasteiger partial charge in [0.05, 0.1) is 12.5 Å². The Hall–Kier alpha value is -0.393. The lowest BCUT2D eigenvalue weighted by Gasteiger charge is -2.39. The van der Waals surface area contributed by atoms with Crippen molar-refractivity contribution < 1.29 is 18.7 Å². The molecule has 2 rings (SSSR count). The topological polar surface area (TPSA) is 44.8 Å². The second kappa shape index (κ2) is 4.32. The first kappa shape index (κ1) is 14.0. The van der Waals surface area contributed by atoms with Crippen LogP contribution < -0.4 is 0 Å².